The molecule has 0 radical (unpaired) electrons. The lowest BCUT2D eigenvalue weighted by Crippen LogP contribution is -2.18. The molecule has 0 aliphatic carbocycles. The molecule has 1 aromatic heterocycles. The van der Waals surface area contributed by atoms with Gasteiger partial charge in [0, 0.05) is 0 Å². The molecule has 114 valence electrons. The van der Waals surface area contributed by atoms with Gasteiger partial charge in [-0.15, -0.1) is 13.2 Å². The van der Waals surface area contributed by atoms with E-state index in [-0.39, 0.29) is 17.7 Å². The molecule has 0 amide bonds. The molecular formula is C14H16F3N3O. The minimum atomic E-state index is -4.69. The van der Waals surface area contributed by atoms with Gasteiger partial charge in [-0.2, -0.15) is 0 Å². The quantitative estimate of drug-likeness (QED) is 0.906. The SMILES string of the molecule is CC(C)C(N)c1ncc(-c2ccc(OC(F)(F)F)cc2)[nH]1. The molecule has 0 saturated heterocycles. The van der Waals surface area contributed by atoms with E-state index < -0.39 is 6.36 Å². The van der Waals surface area contributed by atoms with Crippen molar-refractivity contribution in [3.05, 3.63) is 36.3 Å². The van der Waals surface area contributed by atoms with Crippen LogP contribution in [0.25, 0.3) is 11.3 Å². The van der Waals surface area contributed by atoms with Crippen LogP contribution in [0.3, 0.4) is 0 Å². The number of hydrogen-bond donors (Lipinski definition) is 2. The predicted octanol–water partition coefficient (Wildman–Crippen LogP) is 3.63. The molecule has 0 aliphatic heterocycles. The molecule has 0 saturated carbocycles. The zero-order valence-electron chi connectivity index (χ0n) is 11.6. The Balaban J connectivity index is 2.16. The number of hydrogen-bond acceptors (Lipinski definition) is 3. The Labute approximate surface area is 120 Å². The van der Waals surface area contributed by atoms with Crippen LogP contribution in [0.15, 0.2) is 30.5 Å². The van der Waals surface area contributed by atoms with Crippen molar-refractivity contribution in [2.45, 2.75) is 26.3 Å². The number of alkyl halides is 3. The van der Waals surface area contributed by atoms with Crippen molar-refractivity contribution < 1.29 is 17.9 Å². The lowest BCUT2D eigenvalue weighted by Gasteiger charge is -2.12. The average molecular weight is 299 g/mol. The molecule has 1 atom stereocenters. The number of halogens is 3. The largest absolute Gasteiger partial charge is 0.573 e. The molecule has 7 heteroatoms. The van der Waals surface area contributed by atoms with Gasteiger partial charge in [-0.25, -0.2) is 4.98 Å². The van der Waals surface area contributed by atoms with E-state index in [4.69, 9.17) is 5.73 Å². The first-order chi connectivity index (χ1) is 9.76. The van der Waals surface area contributed by atoms with E-state index in [0.29, 0.717) is 17.1 Å². The normalized spacial score (nSPS) is 13.5. The smallest absolute Gasteiger partial charge is 0.406 e. The topological polar surface area (TPSA) is 63.9 Å². The molecular weight excluding hydrogens is 283 g/mol. The van der Waals surface area contributed by atoms with Crippen LogP contribution < -0.4 is 10.5 Å². The maximum atomic E-state index is 12.1. The molecule has 0 aliphatic rings. The van der Waals surface area contributed by atoms with Crippen molar-refractivity contribution in [3.63, 3.8) is 0 Å². The summed E-state index contributed by atoms with van der Waals surface area (Å²) in [7, 11) is 0. The van der Waals surface area contributed by atoms with Gasteiger partial charge in [0.15, 0.2) is 0 Å². The molecule has 1 unspecified atom stereocenters. The van der Waals surface area contributed by atoms with Gasteiger partial charge in [-0.1, -0.05) is 13.8 Å². The Bertz CT molecular complexity index is 590. The number of nitrogens with one attached hydrogen (secondary N) is 1. The Kier molecular flexibility index (Phi) is 4.22. The zero-order chi connectivity index (χ0) is 15.6. The van der Waals surface area contributed by atoms with E-state index in [2.05, 4.69) is 14.7 Å². The third-order valence-corrected chi connectivity index (χ3v) is 3.03. The highest BCUT2D eigenvalue weighted by atomic mass is 19.4. The summed E-state index contributed by atoms with van der Waals surface area (Å²) in [4.78, 5) is 7.28. The zero-order valence-corrected chi connectivity index (χ0v) is 11.6. The molecule has 3 N–H and O–H groups in total. The minimum Gasteiger partial charge on any atom is -0.406 e. The number of aromatic nitrogens is 2. The van der Waals surface area contributed by atoms with E-state index in [1.54, 1.807) is 6.20 Å². The first-order valence-electron chi connectivity index (χ1n) is 6.43. The molecule has 21 heavy (non-hydrogen) atoms. The maximum absolute atomic E-state index is 12.1. The number of nitrogens with two attached hydrogens (primary N) is 1. The first-order valence-corrected chi connectivity index (χ1v) is 6.43. The molecule has 0 spiro atoms. The Morgan fingerprint density at radius 3 is 2.33 bits per heavy atom. The number of rotatable bonds is 4. The van der Waals surface area contributed by atoms with Crippen molar-refractivity contribution >= 4 is 0 Å². The van der Waals surface area contributed by atoms with Crippen LogP contribution in [0.1, 0.15) is 25.7 Å². The molecule has 1 heterocycles. The highest BCUT2D eigenvalue weighted by molar-refractivity contribution is 5.59. The summed E-state index contributed by atoms with van der Waals surface area (Å²) in [6, 6.07) is 5.35. The third kappa shape index (κ3) is 3.98. The fourth-order valence-electron chi connectivity index (χ4n) is 1.80. The van der Waals surface area contributed by atoms with Crippen molar-refractivity contribution in [2.24, 2.45) is 11.7 Å². The van der Waals surface area contributed by atoms with E-state index in [1.807, 2.05) is 13.8 Å². The number of H-pyrrole nitrogens is 1. The van der Waals surface area contributed by atoms with Gasteiger partial charge in [0.2, 0.25) is 0 Å². The van der Waals surface area contributed by atoms with Crippen molar-refractivity contribution in [1.82, 2.24) is 9.97 Å². The number of imidazole rings is 1. The Hall–Kier alpha value is -2.02. The van der Waals surface area contributed by atoms with E-state index in [1.165, 1.54) is 24.3 Å². The number of benzene rings is 1. The third-order valence-electron chi connectivity index (χ3n) is 3.03. The summed E-state index contributed by atoms with van der Waals surface area (Å²) in [5.41, 5.74) is 7.39. The van der Waals surface area contributed by atoms with Crippen molar-refractivity contribution in [1.29, 1.82) is 0 Å². The fraction of sp³-hybridized carbons (Fsp3) is 0.357. The summed E-state index contributed by atoms with van der Waals surface area (Å²) >= 11 is 0. The van der Waals surface area contributed by atoms with Gasteiger partial charge in [0.25, 0.3) is 0 Å². The second-order valence-corrected chi connectivity index (χ2v) is 5.02. The van der Waals surface area contributed by atoms with E-state index >= 15 is 0 Å². The van der Waals surface area contributed by atoms with Gasteiger partial charge in [0.1, 0.15) is 11.6 Å². The van der Waals surface area contributed by atoms with Gasteiger partial charge >= 0.3 is 6.36 Å². The summed E-state index contributed by atoms with van der Waals surface area (Å²) in [6.45, 7) is 3.96. The maximum Gasteiger partial charge on any atom is 0.573 e. The van der Waals surface area contributed by atoms with Crippen LogP contribution in [0, 0.1) is 5.92 Å². The Morgan fingerprint density at radius 1 is 1.19 bits per heavy atom. The van der Waals surface area contributed by atoms with Crippen molar-refractivity contribution in [2.75, 3.05) is 0 Å². The molecule has 0 bridgehead atoms. The second kappa shape index (κ2) is 5.77. The fourth-order valence-corrected chi connectivity index (χ4v) is 1.80. The average Bonchev–Trinajstić information content (AvgIpc) is 2.86. The van der Waals surface area contributed by atoms with Crippen molar-refractivity contribution in [3.8, 4) is 17.0 Å². The summed E-state index contributed by atoms with van der Waals surface area (Å²) in [5.74, 6) is 0.618. The highest BCUT2D eigenvalue weighted by Gasteiger charge is 2.31. The standard InChI is InChI=1S/C14H16F3N3O/c1-8(2)12(18)13-19-7-11(20-13)9-3-5-10(6-4-9)21-14(15,16)17/h3-8,12H,18H2,1-2H3,(H,19,20). The number of nitrogens with zero attached hydrogens (tertiary/aromatic N) is 1. The summed E-state index contributed by atoms with van der Waals surface area (Å²) < 4.78 is 40.1. The number of ether oxygens (including phenoxy) is 1. The lowest BCUT2D eigenvalue weighted by molar-refractivity contribution is -0.274. The summed E-state index contributed by atoms with van der Waals surface area (Å²) in [6.07, 6.45) is -3.08. The molecule has 4 nitrogen and oxygen atoms in total. The molecule has 1 aromatic carbocycles. The van der Waals surface area contributed by atoms with Crippen LogP contribution in [0.2, 0.25) is 0 Å². The monoisotopic (exact) mass is 299 g/mol. The highest BCUT2D eigenvalue weighted by Crippen LogP contribution is 2.26. The van der Waals surface area contributed by atoms with Crippen LogP contribution in [-0.2, 0) is 0 Å². The Morgan fingerprint density at radius 2 is 1.81 bits per heavy atom. The molecule has 0 fully saturated rings. The summed E-state index contributed by atoms with van der Waals surface area (Å²) in [5, 5.41) is 0. The second-order valence-electron chi connectivity index (χ2n) is 5.02. The van der Waals surface area contributed by atoms with Crippen LogP contribution in [0.4, 0.5) is 13.2 Å². The molecule has 2 aromatic rings. The predicted molar refractivity (Wildman–Crippen MR) is 72.5 cm³/mol. The van der Waals surface area contributed by atoms with Gasteiger partial charge in [-0.05, 0) is 35.7 Å². The minimum absolute atomic E-state index is 0.216. The van der Waals surface area contributed by atoms with E-state index in [9.17, 15) is 13.2 Å². The number of aromatic amines is 1. The van der Waals surface area contributed by atoms with Crippen LogP contribution >= 0.6 is 0 Å². The lowest BCUT2D eigenvalue weighted by atomic mass is 10.1. The van der Waals surface area contributed by atoms with Gasteiger partial charge in [0.05, 0.1) is 17.9 Å². The first kappa shape index (κ1) is 15.4. The van der Waals surface area contributed by atoms with Gasteiger partial charge < -0.3 is 15.5 Å². The van der Waals surface area contributed by atoms with Gasteiger partial charge in [-0.3, -0.25) is 0 Å². The molecule has 2 rings (SSSR count). The van der Waals surface area contributed by atoms with Crippen LogP contribution in [-0.4, -0.2) is 16.3 Å². The van der Waals surface area contributed by atoms with E-state index in [0.717, 1.165) is 0 Å². The van der Waals surface area contributed by atoms with Crippen LogP contribution in [0.5, 0.6) is 5.75 Å².